The number of nitrogens with zero attached hydrogens (tertiary/aromatic N) is 2. The van der Waals surface area contributed by atoms with Gasteiger partial charge < -0.3 is 10.1 Å². The molecule has 0 amide bonds. The first kappa shape index (κ1) is 19.1. The van der Waals surface area contributed by atoms with E-state index in [1.165, 1.54) is 6.42 Å². The highest BCUT2D eigenvalue weighted by atomic mass is 16.3. The van der Waals surface area contributed by atoms with Crippen LogP contribution in [0.15, 0.2) is 35.1 Å². The molecule has 1 aromatic heterocycles. The Balaban J connectivity index is 1.68. The second-order valence-corrected chi connectivity index (χ2v) is 7.82. The lowest BCUT2D eigenvalue weighted by Gasteiger charge is -2.41. The summed E-state index contributed by atoms with van der Waals surface area (Å²) in [4.78, 5) is 20.7. The lowest BCUT2D eigenvalue weighted by atomic mass is 10.1. The Morgan fingerprint density at radius 2 is 2.08 bits per heavy atom. The Morgan fingerprint density at radius 1 is 1.27 bits per heavy atom. The van der Waals surface area contributed by atoms with Crippen molar-refractivity contribution in [2.45, 2.75) is 39.3 Å². The average molecular weight is 357 g/mol. The van der Waals surface area contributed by atoms with Gasteiger partial charge >= 0.3 is 0 Å². The third-order valence-corrected chi connectivity index (χ3v) is 5.33. The number of aromatic nitrogens is 1. The summed E-state index contributed by atoms with van der Waals surface area (Å²) in [5.74, 6) is 0.700. The highest BCUT2D eigenvalue weighted by molar-refractivity contribution is 5.78. The molecule has 0 aliphatic carbocycles. The molecule has 26 heavy (non-hydrogen) atoms. The standard InChI is InChI=1S/C21H31N3O2/c1-16(2)7-9-24-11-10-23(15-18(24)8-12-25)14-17-13-21(26)19-5-3-4-6-20(19)22-17/h3-6,13,16,18,25H,7-12,14-15H2,1-2H3,(H,22,26)/t18-/m1/s1. The zero-order chi connectivity index (χ0) is 18.5. The summed E-state index contributed by atoms with van der Waals surface area (Å²) < 4.78 is 0. The van der Waals surface area contributed by atoms with Crippen LogP contribution in [0.5, 0.6) is 0 Å². The van der Waals surface area contributed by atoms with Gasteiger partial charge in [0.1, 0.15) is 0 Å². The SMILES string of the molecule is CC(C)CCN1CCN(Cc2cc(=O)c3ccccc3[nH]2)C[C@H]1CCO. The van der Waals surface area contributed by atoms with E-state index in [-0.39, 0.29) is 12.0 Å². The van der Waals surface area contributed by atoms with Crippen molar-refractivity contribution in [1.82, 2.24) is 14.8 Å². The van der Waals surface area contributed by atoms with Crippen molar-refractivity contribution in [2.75, 3.05) is 32.8 Å². The van der Waals surface area contributed by atoms with Crippen molar-refractivity contribution in [3.05, 3.63) is 46.2 Å². The zero-order valence-corrected chi connectivity index (χ0v) is 15.9. The predicted octanol–water partition coefficient (Wildman–Crippen LogP) is 2.44. The molecule has 1 aliphatic heterocycles. The molecule has 1 aliphatic rings. The molecule has 5 heteroatoms. The van der Waals surface area contributed by atoms with Gasteiger partial charge in [0.25, 0.3) is 0 Å². The topological polar surface area (TPSA) is 59.6 Å². The second-order valence-electron chi connectivity index (χ2n) is 7.82. The summed E-state index contributed by atoms with van der Waals surface area (Å²) in [6.07, 6.45) is 2.00. The number of fused-ring (bicyclic) bond motifs is 1. The molecular weight excluding hydrogens is 326 g/mol. The van der Waals surface area contributed by atoms with Crippen LogP contribution in [0.4, 0.5) is 0 Å². The lowest BCUT2D eigenvalue weighted by Crippen LogP contribution is -2.53. The maximum absolute atomic E-state index is 12.3. The molecule has 2 heterocycles. The molecule has 1 aromatic carbocycles. The number of aliphatic hydroxyl groups excluding tert-OH is 1. The minimum Gasteiger partial charge on any atom is -0.396 e. The van der Waals surface area contributed by atoms with Gasteiger partial charge in [-0.3, -0.25) is 14.6 Å². The first-order chi connectivity index (χ1) is 12.6. The molecule has 0 bridgehead atoms. The molecule has 0 radical (unpaired) electrons. The smallest absolute Gasteiger partial charge is 0.189 e. The number of benzene rings is 1. The third-order valence-electron chi connectivity index (χ3n) is 5.33. The van der Waals surface area contributed by atoms with E-state index in [2.05, 4.69) is 28.6 Å². The Kier molecular flexibility index (Phi) is 6.46. The first-order valence-corrected chi connectivity index (χ1v) is 9.75. The van der Waals surface area contributed by atoms with Crippen molar-refractivity contribution in [1.29, 1.82) is 0 Å². The Morgan fingerprint density at radius 3 is 2.85 bits per heavy atom. The molecule has 3 rings (SSSR count). The number of aliphatic hydroxyl groups is 1. The fraction of sp³-hybridized carbons (Fsp3) is 0.571. The summed E-state index contributed by atoms with van der Waals surface area (Å²) in [6.45, 7) is 9.55. The van der Waals surface area contributed by atoms with Crippen molar-refractivity contribution in [3.8, 4) is 0 Å². The largest absolute Gasteiger partial charge is 0.396 e. The third kappa shape index (κ3) is 4.72. The molecular formula is C21H31N3O2. The summed E-state index contributed by atoms with van der Waals surface area (Å²) in [7, 11) is 0. The summed E-state index contributed by atoms with van der Waals surface area (Å²) in [6, 6.07) is 9.79. The van der Waals surface area contributed by atoms with E-state index in [9.17, 15) is 9.90 Å². The molecule has 2 aromatic rings. The van der Waals surface area contributed by atoms with Crippen LogP contribution < -0.4 is 5.43 Å². The highest BCUT2D eigenvalue weighted by Gasteiger charge is 2.26. The van der Waals surface area contributed by atoms with E-state index in [1.54, 1.807) is 6.07 Å². The number of pyridine rings is 1. The number of piperazine rings is 1. The van der Waals surface area contributed by atoms with E-state index in [4.69, 9.17) is 0 Å². The van der Waals surface area contributed by atoms with Crippen LogP contribution in [-0.4, -0.2) is 58.7 Å². The van der Waals surface area contributed by atoms with Gasteiger partial charge in [-0.05, 0) is 37.4 Å². The highest BCUT2D eigenvalue weighted by Crippen LogP contribution is 2.17. The van der Waals surface area contributed by atoms with E-state index >= 15 is 0 Å². The van der Waals surface area contributed by atoms with Crippen LogP contribution in [0.2, 0.25) is 0 Å². The quantitative estimate of drug-likeness (QED) is 0.799. The van der Waals surface area contributed by atoms with Crippen molar-refractivity contribution in [2.24, 2.45) is 5.92 Å². The fourth-order valence-electron chi connectivity index (χ4n) is 3.82. The summed E-state index contributed by atoms with van der Waals surface area (Å²) in [5.41, 5.74) is 1.95. The van der Waals surface area contributed by atoms with Gasteiger partial charge in [0.2, 0.25) is 0 Å². The first-order valence-electron chi connectivity index (χ1n) is 9.75. The Hall–Kier alpha value is -1.69. The van der Waals surface area contributed by atoms with Crippen LogP contribution in [-0.2, 0) is 6.54 Å². The maximum atomic E-state index is 12.3. The Bertz CT molecular complexity index is 771. The van der Waals surface area contributed by atoms with Crippen LogP contribution in [0.25, 0.3) is 10.9 Å². The molecule has 142 valence electrons. The lowest BCUT2D eigenvalue weighted by molar-refractivity contribution is 0.0518. The number of para-hydroxylation sites is 1. The van der Waals surface area contributed by atoms with Crippen LogP contribution >= 0.6 is 0 Å². The van der Waals surface area contributed by atoms with Gasteiger partial charge in [0.15, 0.2) is 5.43 Å². The molecule has 0 unspecified atom stereocenters. The van der Waals surface area contributed by atoms with Gasteiger partial charge in [-0.25, -0.2) is 0 Å². The number of nitrogens with one attached hydrogen (secondary N) is 1. The van der Waals surface area contributed by atoms with Crippen LogP contribution in [0.1, 0.15) is 32.4 Å². The number of rotatable bonds is 7. The van der Waals surface area contributed by atoms with Gasteiger partial charge in [0.05, 0.1) is 0 Å². The number of hydrogen-bond donors (Lipinski definition) is 2. The molecule has 1 atom stereocenters. The number of aromatic amines is 1. The van der Waals surface area contributed by atoms with Crippen molar-refractivity contribution >= 4 is 10.9 Å². The van der Waals surface area contributed by atoms with E-state index in [0.29, 0.717) is 12.0 Å². The predicted molar refractivity (Wildman–Crippen MR) is 106 cm³/mol. The van der Waals surface area contributed by atoms with E-state index in [1.807, 2.05) is 24.3 Å². The number of H-pyrrole nitrogens is 1. The van der Waals surface area contributed by atoms with Crippen LogP contribution in [0.3, 0.4) is 0 Å². The van der Waals surface area contributed by atoms with Gasteiger partial charge in [-0.2, -0.15) is 0 Å². The van der Waals surface area contributed by atoms with Gasteiger partial charge in [-0.1, -0.05) is 26.0 Å². The summed E-state index contributed by atoms with van der Waals surface area (Å²) in [5, 5.41) is 10.2. The zero-order valence-electron chi connectivity index (χ0n) is 15.9. The van der Waals surface area contributed by atoms with E-state index in [0.717, 1.165) is 55.7 Å². The van der Waals surface area contributed by atoms with E-state index < -0.39 is 0 Å². The summed E-state index contributed by atoms with van der Waals surface area (Å²) >= 11 is 0. The van der Waals surface area contributed by atoms with Crippen LogP contribution in [0, 0.1) is 5.92 Å². The normalized spacial score (nSPS) is 19.5. The average Bonchev–Trinajstić information content (AvgIpc) is 2.61. The monoisotopic (exact) mass is 357 g/mol. The molecule has 0 spiro atoms. The molecule has 1 fully saturated rings. The second kappa shape index (κ2) is 8.80. The van der Waals surface area contributed by atoms with Gasteiger partial charge in [-0.15, -0.1) is 0 Å². The van der Waals surface area contributed by atoms with Gasteiger partial charge in [0, 0.05) is 61.5 Å². The Labute approximate surface area is 155 Å². The van der Waals surface area contributed by atoms with Crippen molar-refractivity contribution in [3.63, 3.8) is 0 Å². The molecule has 5 nitrogen and oxygen atoms in total. The molecule has 1 saturated heterocycles. The minimum atomic E-state index is 0.0804. The number of hydrogen-bond acceptors (Lipinski definition) is 4. The van der Waals surface area contributed by atoms with Crippen molar-refractivity contribution < 1.29 is 5.11 Å². The molecule has 2 N–H and O–H groups in total. The fourth-order valence-corrected chi connectivity index (χ4v) is 3.82. The maximum Gasteiger partial charge on any atom is 0.189 e. The minimum absolute atomic E-state index is 0.0804. The molecule has 0 saturated carbocycles.